The van der Waals surface area contributed by atoms with Crippen LogP contribution in [0.3, 0.4) is 0 Å². The smallest absolute Gasteiger partial charge is 0.264 e. The van der Waals surface area contributed by atoms with E-state index in [4.69, 9.17) is 11.6 Å². The Bertz CT molecular complexity index is 1200. The summed E-state index contributed by atoms with van der Waals surface area (Å²) in [5.41, 5.74) is 1.58. The monoisotopic (exact) mass is 444 g/mol. The molecule has 0 bridgehead atoms. The van der Waals surface area contributed by atoms with Crippen LogP contribution in [0.1, 0.15) is 5.56 Å². The number of carbonyl (C=O) groups excluding carboxylic acids is 1. The number of sulfonamides is 1. The van der Waals surface area contributed by atoms with Crippen LogP contribution in [0.4, 0.5) is 15.8 Å². The van der Waals surface area contributed by atoms with Gasteiger partial charge in [-0.3, -0.25) is 9.10 Å². The van der Waals surface area contributed by atoms with Crippen LogP contribution in [0.25, 0.3) is 0 Å². The first kappa shape index (κ1) is 20.4. The molecular weight excluding hydrogens is 427 g/mol. The molecule has 0 spiro atoms. The van der Waals surface area contributed by atoms with Gasteiger partial charge in [-0.15, -0.1) is 0 Å². The molecule has 0 saturated heterocycles. The summed E-state index contributed by atoms with van der Waals surface area (Å²) >= 11 is 5.69. The van der Waals surface area contributed by atoms with Gasteiger partial charge in [0.1, 0.15) is 5.82 Å². The van der Waals surface area contributed by atoms with E-state index in [1.165, 1.54) is 28.6 Å². The van der Waals surface area contributed by atoms with E-state index in [2.05, 4.69) is 5.32 Å². The third-order valence-electron chi connectivity index (χ3n) is 5.00. The van der Waals surface area contributed by atoms with Crippen molar-refractivity contribution in [2.45, 2.75) is 11.3 Å². The number of fused-ring (bicyclic) bond motifs is 1. The first-order chi connectivity index (χ1) is 14.4. The normalized spacial score (nSPS) is 16.1. The van der Waals surface area contributed by atoms with Gasteiger partial charge in [-0.2, -0.15) is 0 Å². The fourth-order valence-electron chi connectivity index (χ4n) is 3.50. The highest BCUT2D eigenvalue weighted by Crippen LogP contribution is 2.34. The molecule has 0 fully saturated rings. The average molecular weight is 445 g/mol. The van der Waals surface area contributed by atoms with Gasteiger partial charge in [-0.05, 0) is 48.4 Å². The second kappa shape index (κ2) is 8.08. The molecule has 0 aliphatic carbocycles. The van der Waals surface area contributed by atoms with Crippen LogP contribution in [0, 0.1) is 11.7 Å². The molecule has 154 valence electrons. The fraction of sp³-hybridized carbons (Fsp3) is 0.136. The van der Waals surface area contributed by atoms with Gasteiger partial charge in [0.05, 0.1) is 21.5 Å². The molecule has 4 rings (SSSR count). The maximum Gasteiger partial charge on any atom is 0.264 e. The number of halogens is 2. The van der Waals surface area contributed by atoms with Gasteiger partial charge in [-0.25, -0.2) is 12.8 Å². The van der Waals surface area contributed by atoms with Gasteiger partial charge in [0.2, 0.25) is 5.91 Å². The number of hydrogen-bond donors (Lipinski definition) is 1. The summed E-state index contributed by atoms with van der Waals surface area (Å²) in [4.78, 5) is 13.0. The van der Waals surface area contributed by atoms with Gasteiger partial charge in [-0.1, -0.05) is 48.0 Å². The number of rotatable bonds is 4. The van der Waals surface area contributed by atoms with Crippen LogP contribution in [-0.4, -0.2) is 20.9 Å². The summed E-state index contributed by atoms with van der Waals surface area (Å²) in [5.74, 6) is -1.67. The Kier molecular flexibility index (Phi) is 5.49. The first-order valence-corrected chi connectivity index (χ1v) is 11.1. The van der Waals surface area contributed by atoms with Gasteiger partial charge in [0.15, 0.2) is 0 Å². The Morgan fingerprint density at radius 3 is 2.47 bits per heavy atom. The summed E-state index contributed by atoms with van der Waals surface area (Å²) in [6.07, 6.45) is 0.374. The lowest BCUT2D eigenvalue weighted by atomic mass is 9.93. The molecule has 3 aromatic rings. The zero-order chi connectivity index (χ0) is 21.3. The predicted molar refractivity (Wildman–Crippen MR) is 115 cm³/mol. The molecule has 1 heterocycles. The standard InChI is InChI=1S/C22H18ClFN2O3S/c23-19-11-10-17(13-20(19)24)25-22(27)16-12-15-6-4-5-9-21(15)26(14-16)30(28,29)18-7-2-1-3-8-18/h1-11,13,16H,12,14H2,(H,25,27)/t16-/m0/s1. The van der Waals surface area contributed by atoms with Gasteiger partial charge >= 0.3 is 0 Å². The van der Waals surface area contributed by atoms with Crippen molar-refractivity contribution < 1.29 is 17.6 Å². The van der Waals surface area contributed by atoms with Crippen molar-refractivity contribution in [3.63, 3.8) is 0 Å². The summed E-state index contributed by atoms with van der Waals surface area (Å²) < 4.78 is 41.6. The lowest BCUT2D eigenvalue weighted by molar-refractivity contribution is -0.119. The molecule has 0 unspecified atom stereocenters. The number of nitrogens with one attached hydrogen (secondary N) is 1. The predicted octanol–water partition coefficient (Wildman–Crippen LogP) is 4.49. The molecule has 0 aromatic heterocycles. The molecule has 1 atom stereocenters. The Morgan fingerprint density at radius 2 is 1.73 bits per heavy atom. The van der Waals surface area contributed by atoms with Crippen molar-refractivity contribution in [1.82, 2.24) is 0 Å². The molecule has 3 aromatic carbocycles. The van der Waals surface area contributed by atoms with Crippen molar-refractivity contribution in [2.75, 3.05) is 16.2 Å². The third-order valence-corrected chi connectivity index (χ3v) is 7.10. The number of carbonyl (C=O) groups is 1. The zero-order valence-corrected chi connectivity index (χ0v) is 17.3. The molecule has 8 heteroatoms. The van der Waals surface area contributed by atoms with E-state index in [1.54, 1.807) is 36.4 Å². The minimum Gasteiger partial charge on any atom is -0.326 e. The van der Waals surface area contributed by atoms with Crippen LogP contribution in [-0.2, 0) is 21.2 Å². The molecule has 30 heavy (non-hydrogen) atoms. The molecule has 1 aliphatic heterocycles. The van der Waals surface area contributed by atoms with Gasteiger partial charge in [0, 0.05) is 12.2 Å². The summed E-state index contributed by atoms with van der Waals surface area (Å²) in [5, 5.41) is 2.62. The number of anilines is 2. The quantitative estimate of drug-likeness (QED) is 0.645. The summed E-state index contributed by atoms with van der Waals surface area (Å²) in [7, 11) is -3.85. The third kappa shape index (κ3) is 3.91. The Labute approximate surface area is 179 Å². The van der Waals surface area contributed by atoms with Gasteiger partial charge in [0.25, 0.3) is 10.0 Å². The van der Waals surface area contributed by atoms with Crippen LogP contribution in [0.5, 0.6) is 0 Å². The topological polar surface area (TPSA) is 66.5 Å². The van der Waals surface area contributed by atoms with E-state index in [1.807, 2.05) is 6.07 Å². The van der Waals surface area contributed by atoms with Crippen molar-refractivity contribution >= 4 is 38.9 Å². The van der Waals surface area contributed by atoms with E-state index >= 15 is 0 Å². The Morgan fingerprint density at radius 1 is 1.03 bits per heavy atom. The molecule has 5 nitrogen and oxygen atoms in total. The van der Waals surface area contributed by atoms with Crippen LogP contribution < -0.4 is 9.62 Å². The second-order valence-electron chi connectivity index (χ2n) is 7.00. The number of nitrogens with zero attached hydrogens (tertiary/aromatic N) is 1. The van der Waals surface area contributed by atoms with Gasteiger partial charge < -0.3 is 5.32 Å². The maximum absolute atomic E-state index is 13.7. The van der Waals surface area contributed by atoms with Crippen LogP contribution >= 0.6 is 11.6 Å². The number of amides is 1. The van der Waals surface area contributed by atoms with E-state index in [9.17, 15) is 17.6 Å². The number of hydrogen-bond acceptors (Lipinski definition) is 3. The minimum atomic E-state index is -3.85. The average Bonchev–Trinajstić information content (AvgIpc) is 2.76. The highest BCUT2D eigenvalue weighted by atomic mass is 35.5. The van der Waals surface area contributed by atoms with E-state index < -0.39 is 21.8 Å². The lowest BCUT2D eigenvalue weighted by Crippen LogP contribution is -2.44. The van der Waals surface area contributed by atoms with E-state index in [-0.39, 0.29) is 28.1 Å². The van der Waals surface area contributed by atoms with Crippen molar-refractivity contribution in [1.29, 1.82) is 0 Å². The number of para-hydroxylation sites is 1. The van der Waals surface area contributed by atoms with Crippen molar-refractivity contribution in [2.24, 2.45) is 5.92 Å². The second-order valence-corrected chi connectivity index (χ2v) is 9.27. The first-order valence-electron chi connectivity index (χ1n) is 9.28. The summed E-state index contributed by atoms with van der Waals surface area (Å²) in [6, 6.07) is 19.2. The SMILES string of the molecule is O=C(Nc1ccc(Cl)c(F)c1)[C@H]1Cc2ccccc2N(S(=O)(=O)c2ccccc2)C1. The van der Waals surface area contributed by atoms with E-state index in [0.717, 1.165) is 11.6 Å². The highest BCUT2D eigenvalue weighted by Gasteiger charge is 2.36. The molecule has 0 radical (unpaired) electrons. The van der Waals surface area contributed by atoms with E-state index in [0.29, 0.717) is 12.1 Å². The summed E-state index contributed by atoms with van der Waals surface area (Å²) in [6.45, 7) is -0.0177. The Balaban J connectivity index is 1.66. The van der Waals surface area contributed by atoms with Crippen LogP contribution in [0.2, 0.25) is 5.02 Å². The molecule has 1 N–H and O–H groups in total. The largest absolute Gasteiger partial charge is 0.326 e. The fourth-order valence-corrected chi connectivity index (χ4v) is 5.18. The minimum absolute atomic E-state index is 0.0177. The molecular formula is C22H18ClFN2O3S. The Hall–Kier alpha value is -2.90. The molecule has 1 aliphatic rings. The highest BCUT2D eigenvalue weighted by molar-refractivity contribution is 7.92. The zero-order valence-electron chi connectivity index (χ0n) is 15.8. The number of benzene rings is 3. The van der Waals surface area contributed by atoms with Crippen LogP contribution in [0.15, 0.2) is 77.7 Å². The maximum atomic E-state index is 13.7. The van der Waals surface area contributed by atoms with Crippen molar-refractivity contribution in [3.05, 3.63) is 89.2 Å². The molecule has 1 amide bonds. The van der Waals surface area contributed by atoms with Crippen molar-refractivity contribution in [3.8, 4) is 0 Å². The lowest BCUT2D eigenvalue weighted by Gasteiger charge is -2.34. The molecule has 0 saturated carbocycles.